The van der Waals surface area contributed by atoms with E-state index in [2.05, 4.69) is 0 Å². The lowest BCUT2D eigenvalue weighted by atomic mass is 9.97. The number of hydrogen-bond acceptors (Lipinski definition) is 11. The molecule has 0 aliphatic carbocycles. The maximum Gasteiger partial charge on any atom is 0.338 e. The molecule has 258 valence electrons. The summed E-state index contributed by atoms with van der Waals surface area (Å²) in [5.74, 6) is -4.41. The third-order valence-corrected chi connectivity index (χ3v) is 7.74. The number of carbonyl (C=O) groups excluding carboxylic acids is 4. The summed E-state index contributed by atoms with van der Waals surface area (Å²) < 4.78 is 32.5. The number of nitrogens with one attached hydrogen (secondary N) is 1. The quantitative estimate of drug-likeness (QED) is 0.0620. The lowest BCUT2D eigenvalue weighted by Gasteiger charge is -2.44. The first-order valence-electron chi connectivity index (χ1n) is 15.0. The van der Waals surface area contributed by atoms with Gasteiger partial charge in [-0.15, -0.1) is 0 Å². The minimum Gasteiger partial charge on any atom is -0.459 e. The van der Waals surface area contributed by atoms with E-state index in [9.17, 15) is 19.2 Å². The second kappa shape index (κ2) is 16.6. The highest BCUT2D eigenvalue weighted by molar-refractivity contribution is 6.76. The Balaban J connectivity index is 1.58. The highest BCUT2D eigenvalue weighted by atomic mass is 35.6. The van der Waals surface area contributed by atoms with Crippen LogP contribution in [-0.2, 0) is 28.4 Å². The predicted molar refractivity (Wildman–Crippen MR) is 181 cm³/mol. The number of carbonyl (C=O) groups is 4. The van der Waals surface area contributed by atoms with E-state index in [1.807, 2.05) is 0 Å². The van der Waals surface area contributed by atoms with E-state index >= 15 is 0 Å². The topological polar surface area (TPSA) is 148 Å². The summed E-state index contributed by atoms with van der Waals surface area (Å²) in [6.07, 6.45) is -8.34. The molecular weight excluding hydrogens is 713 g/mol. The Hall–Kier alpha value is -4.94. The molecule has 1 aliphatic rings. The minimum absolute atomic E-state index is 0.0904. The van der Waals surface area contributed by atoms with Crippen LogP contribution in [0.1, 0.15) is 41.4 Å². The molecule has 1 saturated heterocycles. The molecule has 0 radical (unpaired) electrons. The lowest BCUT2D eigenvalue weighted by molar-refractivity contribution is -0.279. The summed E-state index contributed by atoms with van der Waals surface area (Å²) >= 11 is 17.8. The second-order valence-corrected chi connectivity index (χ2v) is 12.9. The van der Waals surface area contributed by atoms with Crippen molar-refractivity contribution in [2.45, 2.75) is 34.5 Å². The zero-order chi connectivity index (χ0) is 35.7. The number of alkyl halides is 3. The Kier molecular flexibility index (Phi) is 12.1. The maximum atomic E-state index is 13.6. The fourth-order valence-corrected chi connectivity index (χ4v) is 4.94. The average Bonchev–Trinajstić information content (AvgIpc) is 3.13. The van der Waals surface area contributed by atoms with Crippen molar-refractivity contribution in [2.24, 2.45) is 0 Å². The van der Waals surface area contributed by atoms with Crippen LogP contribution >= 0.6 is 34.8 Å². The molecule has 4 aromatic rings. The first-order valence-corrected chi connectivity index (χ1v) is 16.1. The molecule has 0 bridgehead atoms. The van der Waals surface area contributed by atoms with Gasteiger partial charge in [-0.3, -0.25) is 5.41 Å². The monoisotopic (exact) mass is 739 g/mol. The van der Waals surface area contributed by atoms with E-state index in [1.165, 1.54) is 48.5 Å². The Labute approximate surface area is 301 Å². The minimum atomic E-state index is -2.40. The normalized spacial score (nSPS) is 20.1. The van der Waals surface area contributed by atoms with Crippen molar-refractivity contribution >= 4 is 64.6 Å². The molecule has 0 spiro atoms. The van der Waals surface area contributed by atoms with Crippen molar-refractivity contribution in [2.75, 3.05) is 6.61 Å². The molecule has 1 heterocycles. The fourth-order valence-electron chi connectivity index (χ4n) is 4.81. The van der Waals surface area contributed by atoms with Crippen LogP contribution in [-0.4, -0.2) is 70.9 Å². The van der Waals surface area contributed by atoms with Crippen molar-refractivity contribution in [3.8, 4) is 0 Å². The molecule has 50 heavy (non-hydrogen) atoms. The van der Waals surface area contributed by atoms with Crippen LogP contribution in [0.25, 0.3) is 0 Å². The van der Waals surface area contributed by atoms with Gasteiger partial charge in [0, 0.05) is 0 Å². The number of rotatable bonds is 10. The number of esters is 4. The van der Waals surface area contributed by atoms with Gasteiger partial charge < -0.3 is 28.4 Å². The third kappa shape index (κ3) is 9.39. The molecule has 4 aromatic carbocycles. The van der Waals surface area contributed by atoms with Crippen LogP contribution in [0.15, 0.2) is 121 Å². The molecule has 11 nitrogen and oxygen atoms in total. The molecular formula is C36H28Cl3NO10. The second-order valence-electron chi connectivity index (χ2n) is 10.7. The summed E-state index contributed by atoms with van der Waals surface area (Å²) in [6.45, 7) is -0.597. The molecule has 0 aromatic heterocycles. The van der Waals surface area contributed by atoms with Gasteiger partial charge in [-0.05, 0) is 48.5 Å². The van der Waals surface area contributed by atoms with Gasteiger partial charge in [0.05, 0.1) is 22.3 Å². The molecule has 5 atom stereocenters. The number of hydrogen-bond donors (Lipinski definition) is 1. The van der Waals surface area contributed by atoms with Gasteiger partial charge >= 0.3 is 23.9 Å². The zero-order valence-corrected chi connectivity index (χ0v) is 28.1. The van der Waals surface area contributed by atoms with Crippen molar-refractivity contribution in [3.63, 3.8) is 0 Å². The van der Waals surface area contributed by atoms with Crippen LogP contribution in [0.5, 0.6) is 0 Å². The summed E-state index contributed by atoms with van der Waals surface area (Å²) in [4.78, 5) is 53.5. The SMILES string of the molecule is N=C(O[C@@H]1O[C@H](COC(=O)c2ccccc2)[C@@H](OC(=O)c2ccccc2)[C@H](OC(=O)c2ccccc2)[C@H]1OC(=O)c1ccccc1)C(Cl)(Cl)Cl. The largest absolute Gasteiger partial charge is 0.459 e. The highest BCUT2D eigenvalue weighted by Crippen LogP contribution is 2.35. The first-order chi connectivity index (χ1) is 24.0. The van der Waals surface area contributed by atoms with Gasteiger partial charge in [-0.25, -0.2) is 19.2 Å². The van der Waals surface area contributed by atoms with E-state index in [-0.39, 0.29) is 22.3 Å². The van der Waals surface area contributed by atoms with Gasteiger partial charge in [0.1, 0.15) is 12.7 Å². The summed E-state index contributed by atoms with van der Waals surface area (Å²) in [6, 6.07) is 31.5. The van der Waals surface area contributed by atoms with Crippen LogP contribution < -0.4 is 0 Å². The molecule has 0 amide bonds. The summed E-state index contributed by atoms with van der Waals surface area (Å²) in [5, 5.41) is 8.26. The summed E-state index contributed by atoms with van der Waals surface area (Å²) in [7, 11) is 0. The number of benzene rings is 4. The van der Waals surface area contributed by atoms with Gasteiger partial charge in [0.2, 0.25) is 18.3 Å². The fraction of sp³-hybridized carbons (Fsp3) is 0.194. The van der Waals surface area contributed by atoms with Crippen LogP contribution in [0, 0.1) is 5.41 Å². The van der Waals surface area contributed by atoms with Gasteiger partial charge in [0.25, 0.3) is 3.79 Å². The molecule has 1 N–H and O–H groups in total. The van der Waals surface area contributed by atoms with Crippen molar-refractivity contribution in [1.82, 2.24) is 0 Å². The molecule has 5 rings (SSSR count). The van der Waals surface area contributed by atoms with Crippen molar-refractivity contribution < 1.29 is 47.6 Å². The van der Waals surface area contributed by atoms with Crippen molar-refractivity contribution in [1.29, 1.82) is 5.41 Å². The van der Waals surface area contributed by atoms with E-state index < -0.39 is 70.9 Å². The number of ether oxygens (including phenoxy) is 6. The first kappa shape index (κ1) is 36.3. The van der Waals surface area contributed by atoms with E-state index in [0.29, 0.717) is 0 Å². The van der Waals surface area contributed by atoms with E-state index in [1.54, 1.807) is 72.8 Å². The maximum absolute atomic E-state index is 13.6. The highest BCUT2D eigenvalue weighted by Gasteiger charge is 2.55. The van der Waals surface area contributed by atoms with E-state index in [0.717, 1.165) is 0 Å². The van der Waals surface area contributed by atoms with Gasteiger partial charge in [-0.1, -0.05) is 108 Å². The average molecular weight is 741 g/mol. The van der Waals surface area contributed by atoms with E-state index in [4.69, 9.17) is 68.6 Å². The molecule has 0 unspecified atom stereocenters. The zero-order valence-electron chi connectivity index (χ0n) is 25.9. The Morgan fingerprint density at radius 3 is 1.30 bits per heavy atom. The van der Waals surface area contributed by atoms with Gasteiger partial charge in [-0.2, -0.15) is 0 Å². The predicted octanol–water partition coefficient (Wildman–Crippen LogP) is 6.61. The standard InChI is InChI=1S/C36H28Cl3NO10/c37-36(38,39)35(40)50-34-29(49-33(44)25-19-11-4-12-20-25)28(48-32(43)24-17-9-3-10-18-24)27(47-31(42)23-15-7-2-8-16-23)26(46-34)21-45-30(41)22-13-5-1-6-14-22/h1-20,26-29,34,40H,21H2/t26-,27-,28+,29-,34+/m1/s1. The third-order valence-electron chi connectivity index (χ3n) is 7.23. The Morgan fingerprint density at radius 1 is 0.540 bits per heavy atom. The van der Waals surface area contributed by atoms with Crippen LogP contribution in [0.4, 0.5) is 0 Å². The van der Waals surface area contributed by atoms with Crippen LogP contribution in [0.3, 0.4) is 0 Å². The molecule has 0 saturated carbocycles. The Morgan fingerprint density at radius 2 is 0.900 bits per heavy atom. The lowest BCUT2D eigenvalue weighted by Crippen LogP contribution is -2.63. The summed E-state index contributed by atoms with van der Waals surface area (Å²) in [5.41, 5.74) is 0.509. The Bertz CT molecular complexity index is 1790. The molecule has 1 aliphatic heterocycles. The van der Waals surface area contributed by atoms with Crippen LogP contribution in [0.2, 0.25) is 0 Å². The molecule has 1 fully saturated rings. The smallest absolute Gasteiger partial charge is 0.338 e. The molecule has 14 heteroatoms. The van der Waals surface area contributed by atoms with Crippen molar-refractivity contribution in [3.05, 3.63) is 144 Å². The van der Waals surface area contributed by atoms with Gasteiger partial charge in [0.15, 0.2) is 12.2 Å². The number of halogens is 3.